The maximum Gasteiger partial charge on any atom is 0.573 e. The number of para-hydroxylation sites is 1. The highest BCUT2D eigenvalue weighted by atomic mass is 35.5. The predicted molar refractivity (Wildman–Crippen MR) is 77.9 cm³/mol. The summed E-state index contributed by atoms with van der Waals surface area (Å²) in [6.45, 7) is 0. The molecule has 0 N–H and O–H groups in total. The summed E-state index contributed by atoms with van der Waals surface area (Å²) in [6, 6.07) is 11.1. The van der Waals surface area contributed by atoms with E-state index in [1.54, 1.807) is 24.3 Å². The summed E-state index contributed by atoms with van der Waals surface area (Å²) < 4.78 is 41.4. The number of alkyl halides is 3. The largest absolute Gasteiger partial charge is 0.573 e. The van der Waals surface area contributed by atoms with Crippen LogP contribution in [0.3, 0.4) is 0 Å². The number of ether oxygens (including phenoxy) is 1. The monoisotopic (exact) mass is 315 g/mol. The van der Waals surface area contributed by atoms with E-state index in [1.165, 1.54) is 18.2 Å². The molecule has 0 saturated heterocycles. The molecule has 0 fully saturated rings. The van der Waals surface area contributed by atoms with Crippen LogP contribution in [0.5, 0.6) is 5.75 Å². The fourth-order valence-corrected chi connectivity index (χ4v) is 2.18. The van der Waals surface area contributed by atoms with Crippen molar-refractivity contribution in [2.24, 2.45) is 0 Å². The minimum Gasteiger partial charge on any atom is -0.405 e. The van der Waals surface area contributed by atoms with Gasteiger partial charge in [0, 0.05) is 30.9 Å². The van der Waals surface area contributed by atoms with Crippen LogP contribution in [0.25, 0.3) is 11.1 Å². The molecule has 112 valence electrons. The third-order valence-electron chi connectivity index (χ3n) is 2.87. The molecule has 6 heteroatoms. The first-order chi connectivity index (χ1) is 9.78. The Labute approximate surface area is 125 Å². The van der Waals surface area contributed by atoms with Gasteiger partial charge < -0.3 is 9.64 Å². The van der Waals surface area contributed by atoms with Crippen molar-refractivity contribution in [2.75, 3.05) is 19.0 Å². The number of halogens is 4. The molecule has 0 unspecified atom stereocenters. The van der Waals surface area contributed by atoms with Gasteiger partial charge in [0.15, 0.2) is 0 Å². The molecule has 0 atom stereocenters. The fraction of sp³-hybridized carbons (Fsp3) is 0.200. The molecule has 0 bridgehead atoms. The molecule has 0 saturated carbocycles. The minimum absolute atomic E-state index is 0.274. The minimum atomic E-state index is -4.74. The first kappa shape index (κ1) is 15.5. The zero-order valence-corrected chi connectivity index (χ0v) is 12.2. The van der Waals surface area contributed by atoms with Crippen LogP contribution >= 0.6 is 11.6 Å². The quantitative estimate of drug-likeness (QED) is 0.792. The second-order valence-electron chi connectivity index (χ2n) is 4.60. The smallest absolute Gasteiger partial charge is 0.405 e. The summed E-state index contributed by atoms with van der Waals surface area (Å²) in [5.74, 6) is -0.274. The Morgan fingerprint density at radius 1 is 1.00 bits per heavy atom. The van der Waals surface area contributed by atoms with Gasteiger partial charge in [-0.2, -0.15) is 0 Å². The Morgan fingerprint density at radius 3 is 2.24 bits per heavy atom. The molecule has 21 heavy (non-hydrogen) atoms. The van der Waals surface area contributed by atoms with Gasteiger partial charge in [-0.3, -0.25) is 0 Å². The Morgan fingerprint density at radius 2 is 1.67 bits per heavy atom. The van der Waals surface area contributed by atoms with E-state index in [0.717, 1.165) is 5.69 Å². The van der Waals surface area contributed by atoms with E-state index in [-0.39, 0.29) is 5.75 Å². The van der Waals surface area contributed by atoms with Gasteiger partial charge in [0.05, 0.1) is 5.02 Å². The normalized spacial score (nSPS) is 11.3. The summed E-state index contributed by atoms with van der Waals surface area (Å²) >= 11 is 6.19. The van der Waals surface area contributed by atoms with E-state index in [2.05, 4.69) is 4.74 Å². The zero-order chi connectivity index (χ0) is 15.6. The predicted octanol–water partition coefficient (Wildman–Crippen LogP) is 4.97. The second kappa shape index (κ2) is 5.85. The van der Waals surface area contributed by atoms with E-state index in [9.17, 15) is 13.2 Å². The Balaban J connectivity index is 2.47. The fourth-order valence-electron chi connectivity index (χ4n) is 1.90. The highest BCUT2D eigenvalue weighted by Crippen LogP contribution is 2.38. The first-order valence-corrected chi connectivity index (χ1v) is 6.48. The average molecular weight is 316 g/mol. The zero-order valence-electron chi connectivity index (χ0n) is 11.4. The lowest BCUT2D eigenvalue weighted by Crippen LogP contribution is -2.17. The molecule has 0 heterocycles. The molecule has 0 aliphatic rings. The van der Waals surface area contributed by atoms with Crippen LogP contribution in [0.4, 0.5) is 18.9 Å². The van der Waals surface area contributed by atoms with Crippen LogP contribution in [-0.2, 0) is 0 Å². The highest BCUT2D eigenvalue weighted by Gasteiger charge is 2.32. The molecule has 0 aromatic heterocycles. The van der Waals surface area contributed by atoms with Crippen molar-refractivity contribution in [1.29, 1.82) is 0 Å². The molecule has 0 aliphatic carbocycles. The molecule has 0 amide bonds. The molecule has 2 rings (SSSR count). The van der Waals surface area contributed by atoms with Gasteiger partial charge in [-0.1, -0.05) is 35.9 Å². The second-order valence-corrected chi connectivity index (χ2v) is 5.01. The van der Waals surface area contributed by atoms with Crippen molar-refractivity contribution in [1.82, 2.24) is 0 Å². The molecular weight excluding hydrogens is 303 g/mol. The van der Waals surface area contributed by atoms with Crippen LogP contribution < -0.4 is 9.64 Å². The highest BCUT2D eigenvalue weighted by molar-refractivity contribution is 6.33. The van der Waals surface area contributed by atoms with E-state index >= 15 is 0 Å². The summed E-state index contributed by atoms with van der Waals surface area (Å²) in [5, 5.41) is 0.361. The van der Waals surface area contributed by atoms with Gasteiger partial charge >= 0.3 is 6.36 Å². The van der Waals surface area contributed by atoms with E-state index in [1.807, 2.05) is 19.0 Å². The molecule has 0 spiro atoms. The van der Waals surface area contributed by atoms with E-state index < -0.39 is 6.36 Å². The topological polar surface area (TPSA) is 12.5 Å². The van der Waals surface area contributed by atoms with Crippen LogP contribution in [-0.4, -0.2) is 20.5 Å². The molecule has 2 aromatic carbocycles. The summed E-state index contributed by atoms with van der Waals surface area (Å²) in [6.07, 6.45) is -4.74. The van der Waals surface area contributed by atoms with Crippen LogP contribution in [0.15, 0.2) is 42.5 Å². The lowest BCUT2D eigenvalue weighted by Gasteiger charge is -2.16. The van der Waals surface area contributed by atoms with Crippen LogP contribution in [0, 0.1) is 0 Å². The van der Waals surface area contributed by atoms with Gasteiger partial charge in [0.2, 0.25) is 0 Å². The Kier molecular flexibility index (Phi) is 4.32. The molecule has 0 aliphatic heterocycles. The van der Waals surface area contributed by atoms with Gasteiger partial charge in [0.25, 0.3) is 0 Å². The van der Waals surface area contributed by atoms with Gasteiger partial charge in [0.1, 0.15) is 5.75 Å². The lowest BCUT2D eigenvalue weighted by molar-refractivity contribution is -0.274. The summed E-state index contributed by atoms with van der Waals surface area (Å²) in [4.78, 5) is 1.85. The maximum atomic E-state index is 12.4. The lowest BCUT2D eigenvalue weighted by atomic mass is 10.0. The summed E-state index contributed by atoms with van der Waals surface area (Å²) in [7, 11) is 3.71. The number of anilines is 1. The van der Waals surface area contributed by atoms with Gasteiger partial charge in [-0.25, -0.2) is 0 Å². The molecule has 0 radical (unpaired) electrons. The number of benzene rings is 2. The SMILES string of the molecule is CN(C)c1ccc(-c2ccccc2OC(F)(F)F)c(Cl)c1. The van der Waals surface area contributed by atoms with E-state index in [4.69, 9.17) is 11.6 Å². The number of hydrogen-bond acceptors (Lipinski definition) is 2. The van der Waals surface area contributed by atoms with Crippen molar-refractivity contribution in [2.45, 2.75) is 6.36 Å². The Bertz CT molecular complexity index is 641. The van der Waals surface area contributed by atoms with Gasteiger partial charge in [-0.05, 0) is 18.2 Å². The molecular formula is C15H13ClF3NO. The molecule has 2 nitrogen and oxygen atoms in total. The number of hydrogen-bond donors (Lipinski definition) is 0. The number of nitrogens with zero attached hydrogens (tertiary/aromatic N) is 1. The third kappa shape index (κ3) is 3.82. The standard InChI is InChI=1S/C15H13ClF3NO/c1-20(2)10-7-8-11(13(16)9-10)12-5-3-4-6-14(12)21-15(17,18)19/h3-9H,1-2H3. The average Bonchev–Trinajstić information content (AvgIpc) is 2.37. The van der Waals surface area contributed by atoms with Crippen LogP contribution in [0.1, 0.15) is 0 Å². The first-order valence-electron chi connectivity index (χ1n) is 6.10. The van der Waals surface area contributed by atoms with Gasteiger partial charge in [-0.15, -0.1) is 13.2 Å². The Hall–Kier alpha value is -1.88. The van der Waals surface area contributed by atoms with E-state index in [0.29, 0.717) is 16.1 Å². The van der Waals surface area contributed by atoms with Crippen molar-refractivity contribution in [3.05, 3.63) is 47.5 Å². The molecule has 2 aromatic rings. The van der Waals surface area contributed by atoms with Crippen molar-refractivity contribution in [3.63, 3.8) is 0 Å². The van der Waals surface area contributed by atoms with Crippen molar-refractivity contribution in [3.8, 4) is 16.9 Å². The third-order valence-corrected chi connectivity index (χ3v) is 3.18. The summed E-state index contributed by atoms with van der Waals surface area (Å²) in [5.41, 5.74) is 1.64. The van der Waals surface area contributed by atoms with Crippen molar-refractivity contribution >= 4 is 17.3 Å². The van der Waals surface area contributed by atoms with Crippen molar-refractivity contribution < 1.29 is 17.9 Å². The number of rotatable bonds is 3. The maximum absolute atomic E-state index is 12.4. The van der Waals surface area contributed by atoms with Crippen LogP contribution in [0.2, 0.25) is 5.02 Å².